The summed E-state index contributed by atoms with van der Waals surface area (Å²) in [7, 11) is 0. The Kier molecular flexibility index (Phi) is 5.04. The molecule has 0 radical (unpaired) electrons. The van der Waals surface area contributed by atoms with Crippen molar-refractivity contribution in [2.75, 3.05) is 19.6 Å². The van der Waals surface area contributed by atoms with Crippen LogP contribution in [0.2, 0.25) is 5.02 Å². The van der Waals surface area contributed by atoms with Gasteiger partial charge in [0.2, 0.25) is 0 Å². The number of nitrogens with one attached hydrogen (secondary N) is 1. The summed E-state index contributed by atoms with van der Waals surface area (Å²) in [5.74, 6) is 0. The van der Waals surface area contributed by atoms with E-state index in [-0.39, 0.29) is 0 Å². The van der Waals surface area contributed by atoms with Crippen LogP contribution in [0.15, 0.2) is 18.2 Å². The van der Waals surface area contributed by atoms with Crippen LogP contribution in [-0.4, -0.2) is 30.6 Å². The predicted octanol–water partition coefficient (Wildman–Crippen LogP) is 3.22. The molecule has 0 aromatic heterocycles. The molecule has 0 amide bonds. The topological polar surface area (TPSA) is 15.3 Å². The molecule has 1 aliphatic rings. The van der Waals surface area contributed by atoms with Crippen molar-refractivity contribution in [1.82, 2.24) is 10.2 Å². The minimum atomic E-state index is 0.639. The van der Waals surface area contributed by atoms with Crippen LogP contribution in [0.4, 0.5) is 0 Å². The molecule has 1 unspecified atom stereocenters. The molecule has 100 valence electrons. The van der Waals surface area contributed by atoms with Crippen LogP contribution in [0.1, 0.15) is 30.9 Å². The molecule has 0 spiro atoms. The Hall–Kier alpha value is -0.570. The molecule has 0 aliphatic carbocycles. The van der Waals surface area contributed by atoms with Crippen molar-refractivity contribution in [2.45, 2.75) is 39.3 Å². The molecular formula is C15H23ClN2. The van der Waals surface area contributed by atoms with Gasteiger partial charge in [-0.05, 0) is 63.0 Å². The van der Waals surface area contributed by atoms with Gasteiger partial charge in [-0.1, -0.05) is 17.7 Å². The average molecular weight is 267 g/mol. The molecule has 1 fully saturated rings. The number of aryl methyl sites for hydroxylation is 1. The maximum atomic E-state index is 5.96. The summed E-state index contributed by atoms with van der Waals surface area (Å²) in [5, 5.41) is 4.37. The summed E-state index contributed by atoms with van der Waals surface area (Å²) in [6.45, 7) is 8.95. The highest BCUT2D eigenvalue weighted by Gasteiger charge is 2.17. The largest absolute Gasteiger partial charge is 0.311 e. The molecule has 1 heterocycles. The third-order valence-electron chi connectivity index (χ3n) is 3.82. The van der Waals surface area contributed by atoms with Crippen LogP contribution >= 0.6 is 11.6 Å². The summed E-state index contributed by atoms with van der Waals surface area (Å²) < 4.78 is 0. The molecule has 1 aromatic carbocycles. The molecule has 0 bridgehead atoms. The first-order valence-corrected chi connectivity index (χ1v) is 7.24. The SMILES string of the molecule is Cc1cc(Cl)ccc1CNCC(C)N1CCCC1. The molecule has 1 atom stereocenters. The average Bonchev–Trinajstić information content (AvgIpc) is 2.85. The number of benzene rings is 1. The van der Waals surface area contributed by atoms with Gasteiger partial charge in [-0.25, -0.2) is 0 Å². The molecule has 2 rings (SSSR count). The molecule has 2 nitrogen and oxygen atoms in total. The van der Waals surface area contributed by atoms with Crippen molar-refractivity contribution in [3.63, 3.8) is 0 Å². The van der Waals surface area contributed by atoms with Crippen LogP contribution < -0.4 is 5.32 Å². The number of rotatable bonds is 5. The number of likely N-dealkylation sites (tertiary alicyclic amines) is 1. The molecule has 1 aromatic rings. The van der Waals surface area contributed by atoms with Crippen molar-refractivity contribution in [3.8, 4) is 0 Å². The van der Waals surface area contributed by atoms with Gasteiger partial charge in [0.25, 0.3) is 0 Å². The quantitative estimate of drug-likeness (QED) is 0.880. The van der Waals surface area contributed by atoms with E-state index in [0.29, 0.717) is 6.04 Å². The first kappa shape index (κ1) is 13.9. The molecule has 1 N–H and O–H groups in total. The first-order valence-electron chi connectivity index (χ1n) is 6.86. The second-order valence-electron chi connectivity index (χ2n) is 5.29. The lowest BCUT2D eigenvalue weighted by Gasteiger charge is -2.24. The fourth-order valence-corrected chi connectivity index (χ4v) is 2.81. The maximum Gasteiger partial charge on any atom is 0.0408 e. The third kappa shape index (κ3) is 3.71. The Morgan fingerprint density at radius 2 is 2.06 bits per heavy atom. The van der Waals surface area contributed by atoms with E-state index in [1.165, 1.54) is 37.1 Å². The van der Waals surface area contributed by atoms with Gasteiger partial charge >= 0.3 is 0 Å². The second kappa shape index (κ2) is 6.55. The van der Waals surface area contributed by atoms with Gasteiger partial charge in [-0.3, -0.25) is 4.90 Å². The molecule has 18 heavy (non-hydrogen) atoms. The van der Waals surface area contributed by atoms with Crippen molar-refractivity contribution in [1.29, 1.82) is 0 Å². The Bertz CT molecular complexity index is 386. The molecule has 0 saturated carbocycles. The zero-order chi connectivity index (χ0) is 13.0. The van der Waals surface area contributed by atoms with E-state index in [2.05, 4.69) is 30.1 Å². The Labute approximate surface area is 115 Å². The van der Waals surface area contributed by atoms with Crippen LogP contribution in [0.25, 0.3) is 0 Å². The fraction of sp³-hybridized carbons (Fsp3) is 0.600. The van der Waals surface area contributed by atoms with Crippen LogP contribution in [0.5, 0.6) is 0 Å². The number of halogens is 1. The predicted molar refractivity (Wildman–Crippen MR) is 78.2 cm³/mol. The fourth-order valence-electron chi connectivity index (χ4n) is 2.58. The zero-order valence-electron chi connectivity index (χ0n) is 11.4. The smallest absolute Gasteiger partial charge is 0.0408 e. The Morgan fingerprint density at radius 3 is 2.72 bits per heavy atom. The Morgan fingerprint density at radius 1 is 1.33 bits per heavy atom. The van der Waals surface area contributed by atoms with Gasteiger partial charge in [0.15, 0.2) is 0 Å². The molecular weight excluding hydrogens is 244 g/mol. The van der Waals surface area contributed by atoms with Crippen LogP contribution in [-0.2, 0) is 6.54 Å². The minimum absolute atomic E-state index is 0.639. The van der Waals surface area contributed by atoms with E-state index in [0.717, 1.165) is 18.1 Å². The van der Waals surface area contributed by atoms with E-state index in [1.807, 2.05) is 12.1 Å². The molecule has 3 heteroatoms. The van der Waals surface area contributed by atoms with Gasteiger partial charge in [0.1, 0.15) is 0 Å². The standard InChI is InChI=1S/C15H23ClN2/c1-12-9-15(16)6-5-14(12)11-17-10-13(2)18-7-3-4-8-18/h5-6,9,13,17H,3-4,7-8,10-11H2,1-2H3. The lowest BCUT2D eigenvalue weighted by Crippen LogP contribution is -2.38. The molecule has 1 aliphatic heterocycles. The van der Waals surface area contributed by atoms with E-state index in [4.69, 9.17) is 11.6 Å². The van der Waals surface area contributed by atoms with Gasteiger partial charge in [0.05, 0.1) is 0 Å². The lowest BCUT2D eigenvalue weighted by molar-refractivity contribution is 0.251. The lowest BCUT2D eigenvalue weighted by atomic mass is 10.1. The summed E-state index contributed by atoms with van der Waals surface area (Å²) in [6, 6.07) is 6.75. The van der Waals surface area contributed by atoms with Crippen LogP contribution in [0, 0.1) is 6.92 Å². The zero-order valence-corrected chi connectivity index (χ0v) is 12.1. The van der Waals surface area contributed by atoms with Crippen molar-refractivity contribution >= 4 is 11.6 Å². The maximum absolute atomic E-state index is 5.96. The molecule has 1 saturated heterocycles. The summed E-state index contributed by atoms with van der Waals surface area (Å²) in [4.78, 5) is 2.57. The van der Waals surface area contributed by atoms with Gasteiger partial charge in [-0.15, -0.1) is 0 Å². The summed E-state index contributed by atoms with van der Waals surface area (Å²) in [5.41, 5.74) is 2.61. The third-order valence-corrected chi connectivity index (χ3v) is 4.06. The van der Waals surface area contributed by atoms with E-state index in [9.17, 15) is 0 Å². The number of hydrogen-bond donors (Lipinski definition) is 1. The van der Waals surface area contributed by atoms with E-state index >= 15 is 0 Å². The van der Waals surface area contributed by atoms with E-state index < -0.39 is 0 Å². The number of nitrogens with zero attached hydrogens (tertiary/aromatic N) is 1. The van der Waals surface area contributed by atoms with Crippen molar-refractivity contribution in [2.24, 2.45) is 0 Å². The van der Waals surface area contributed by atoms with E-state index in [1.54, 1.807) is 0 Å². The van der Waals surface area contributed by atoms with Gasteiger partial charge in [-0.2, -0.15) is 0 Å². The Balaban J connectivity index is 1.77. The normalized spacial score (nSPS) is 18.2. The highest BCUT2D eigenvalue weighted by atomic mass is 35.5. The van der Waals surface area contributed by atoms with Crippen molar-refractivity contribution < 1.29 is 0 Å². The highest BCUT2D eigenvalue weighted by Crippen LogP contribution is 2.15. The van der Waals surface area contributed by atoms with Gasteiger partial charge < -0.3 is 5.32 Å². The highest BCUT2D eigenvalue weighted by molar-refractivity contribution is 6.30. The minimum Gasteiger partial charge on any atom is -0.311 e. The number of hydrogen-bond acceptors (Lipinski definition) is 2. The van der Waals surface area contributed by atoms with Crippen LogP contribution in [0.3, 0.4) is 0 Å². The van der Waals surface area contributed by atoms with Gasteiger partial charge in [0, 0.05) is 24.2 Å². The monoisotopic (exact) mass is 266 g/mol. The van der Waals surface area contributed by atoms with Crippen molar-refractivity contribution in [3.05, 3.63) is 34.3 Å². The summed E-state index contributed by atoms with van der Waals surface area (Å²) in [6.07, 6.45) is 2.72. The summed E-state index contributed by atoms with van der Waals surface area (Å²) >= 11 is 5.96. The second-order valence-corrected chi connectivity index (χ2v) is 5.73. The first-order chi connectivity index (χ1) is 8.66.